The molecule has 0 aromatic carbocycles. The quantitative estimate of drug-likeness (QED) is 0.733. The minimum Gasteiger partial charge on any atom is -0.316 e. The van der Waals surface area contributed by atoms with Crippen molar-refractivity contribution in [2.45, 2.75) is 58.9 Å². The molecule has 17 heavy (non-hydrogen) atoms. The van der Waals surface area contributed by atoms with Crippen LogP contribution in [0, 0.1) is 11.3 Å². The molecule has 1 saturated heterocycles. The Morgan fingerprint density at radius 1 is 1.35 bits per heavy atom. The zero-order valence-electron chi connectivity index (χ0n) is 12.0. The van der Waals surface area contributed by atoms with E-state index in [0.29, 0.717) is 5.41 Å². The molecule has 1 unspecified atom stereocenters. The van der Waals surface area contributed by atoms with Gasteiger partial charge in [0.1, 0.15) is 0 Å². The standard InChI is InChI=1S/C15H30N2/c1-4-7-15(8-9-16-11-15)12-17(10-13(2)3)14-5-6-14/h13-14,16H,4-12H2,1-3H3. The van der Waals surface area contributed by atoms with Gasteiger partial charge in [0.2, 0.25) is 0 Å². The minimum atomic E-state index is 0.590. The highest BCUT2D eigenvalue weighted by Gasteiger charge is 2.38. The van der Waals surface area contributed by atoms with Crippen LogP contribution in [-0.4, -0.2) is 37.1 Å². The zero-order chi connectivity index (χ0) is 12.3. The number of nitrogens with zero attached hydrogens (tertiary/aromatic N) is 1. The molecule has 1 N–H and O–H groups in total. The Hall–Kier alpha value is -0.0800. The van der Waals surface area contributed by atoms with Gasteiger partial charge >= 0.3 is 0 Å². The Labute approximate surface area is 107 Å². The monoisotopic (exact) mass is 238 g/mol. The minimum absolute atomic E-state index is 0.590. The molecule has 1 atom stereocenters. The molecule has 0 aromatic rings. The fraction of sp³-hybridized carbons (Fsp3) is 1.00. The smallest absolute Gasteiger partial charge is 0.00967 e. The summed E-state index contributed by atoms with van der Waals surface area (Å²) in [5, 5.41) is 3.59. The van der Waals surface area contributed by atoms with E-state index in [2.05, 4.69) is 31.0 Å². The van der Waals surface area contributed by atoms with Crippen LogP contribution >= 0.6 is 0 Å². The van der Waals surface area contributed by atoms with Crippen molar-refractivity contribution in [1.82, 2.24) is 10.2 Å². The third-order valence-electron chi connectivity index (χ3n) is 4.31. The third kappa shape index (κ3) is 3.69. The molecule has 2 heteroatoms. The van der Waals surface area contributed by atoms with Crippen LogP contribution in [0.15, 0.2) is 0 Å². The first kappa shape index (κ1) is 13.4. The topological polar surface area (TPSA) is 15.3 Å². The van der Waals surface area contributed by atoms with Gasteiger partial charge in [0.25, 0.3) is 0 Å². The van der Waals surface area contributed by atoms with Crippen molar-refractivity contribution < 1.29 is 0 Å². The summed E-state index contributed by atoms with van der Waals surface area (Å²) in [7, 11) is 0. The number of nitrogens with one attached hydrogen (secondary N) is 1. The van der Waals surface area contributed by atoms with Crippen molar-refractivity contribution >= 4 is 0 Å². The summed E-state index contributed by atoms with van der Waals surface area (Å²) in [5.41, 5.74) is 0.590. The Morgan fingerprint density at radius 2 is 2.12 bits per heavy atom. The first-order chi connectivity index (χ1) is 8.15. The van der Waals surface area contributed by atoms with E-state index in [1.54, 1.807) is 0 Å². The molecule has 1 saturated carbocycles. The Bertz CT molecular complexity index is 227. The average molecular weight is 238 g/mol. The van der Waals surface area contributed by atoms with Gasteiger partial charge in [-0.15, -0.1) is 0 Å². The molecule has 0 amide bonds. The van der Waals surface area contributed by atoms with Crippen LogP contribution in [0.1, 0.15) is 52.9 Å². The maximum Gasteiger partial charge on any atom is 0.00967 e. The van der Waals surface area contributed by atoms with Crippen molar-refractivity contribution in [3.63, 3.8) is 0 Å². The second-order valence-corrected chi connectivity index (χ2v) is 6.73. The number of hydrogen-bond donors (Lipinski definition) is 1. The third-order valence-corrected chi connectivity index (χ3v) is 4.31. The van der Waals surface area contributed by atoms with E-state index in [-0.39, 0.29) is 0 Å². The lowest BCUT2D eigenvalue weighted by atomic mass is 9.81. The summed E-state index contributed by atoms with van der Waals surface area (Å²) < 4.78 is 0. The van der Waals surface area contributed by atoms with Crippen LogP contribution in [0.25, 0.3) is 0 Å². The fourth-order valence-corrected chi connectivity index (χ4v) is 3.44. The molecule has 2 aliphatic rings. The molecule has 1 aliphatic heterocycles. The maximum absolute atomic E-state index is 3.59. The first-order valence-electron chi connectivity index (χ1n) is 7.60. The SMILES string of the molecule is CCCC1(CN(CC(C)C)C2CC2)CCNC1. The predicted octanol–water partition coefficient (Wildman–Crippen LogP) is 2.89. The molecule has 2 fully saturated rings. The van der Waals surface area contributed by atoms with Gasteiger partial charge < -0.3 is 5.32 Å². The van der Waals surface area contributed by atoms with Crippen LogP contribution < -0.4 is 5.32 Å². The molecule has 1 heterocycles. The summed E-state index contributed by atoms with van der Waals surface area (Å²) in [6, 6.07) is 0.923. The fourth-order valence-electron chi connectivity index (χ4n) is 3.44. The molecule has 0 bridgehead atoms. The van der Waals surface area contributed by atoms with Crippen LogP contribution in [0.2, 0.25) is 0 Å². The predicted molar refractivity (Wildman–Crippen MR) is 74.3 cm³/mol. The van der Waals surface area contributed by atoms with Crippen LogP contribution in [0.5, 0.6) is 0 Å². The van der Waals surface area contributed by atoms with Gasteiger partial charge in [-0.3, -0.25) is 4.90 Å². The second-order valence-electron chi connectivity index (χ2n) is 6.73. The summed E-state index contributed by atoms with van der Waals surface area (Å²) in [6.07, 6.45) is 7.02. The highest BCUT2D eigenvalue weighted by molar-refractivity contribution is 4.94. The van der Waals surface area contributed by atoms with Gasteiger partial charge in [-0.05, 0) is 43.6 Å². The lowest BCUT2D eigenvalue weighted by Crippen LogP contribution is -2.42. The molecule has 0 aromatic heterocycles. The molecule has 1 aliphatic carbocycles. The van der Waals surface area contributed by atoms with Gasteiger partial charge in [-0.1, -0.05) is 27.2 Å². The molecule has 100 valence electrons. The van der Waals surface area contributed by atoms with Crippen molar-refractivity contribution in [1.29, 1.82) is 0 Å². The lowest BCUT2D eigenvalue weighted by molar-refractivity contribution is 0.133. The number of rotatable bonds is 7. The van der Waals surface area contributed by atoms with Crippen LogP contribution in [0.3, 0.4) is 0 Å². The van der Waals surface area contributed by atoms with Gasteiger partial charge in [0, 0.05) is 25.7 Å². The molecule has 2 rings (SSSR count). The summed E-state index contributed by atoms with van der Waals surface area (Å²) in [4.78, 5) is 2.80. The molecular weight excluding hydrogens is 208 g/mol. The summed E-state index contributed by atoms with van der Waals surface area (Å²) in [5.74, 6) is 0.809. The first-order valence-corrected chi connectivity index (χ1v) is 7.60. The van der Waals surface area contributed by atoms with Crippen molar-refractivity contribution in [2.75, 3.05) is 26.2 Å². The van der Waals surface area contributed by atoms with Crippen molar-refractivity contribution in [2.24, 2.45) is 11.3 Å². The lowest BCUT2D eigenvalue weighted by Gasteiger charge is -2.36. The van der Waals surface area contributed by atoms with E-state index in [1.807, 2.05) is 0 Å². The Morgan fingerprint density at radius 3 is 2.59 bits per heavy atom. The second kappa shape index (κ2) is 5.71. The van der Waals surface area contributed by atoms with Crippen LogP contribution in [0.4, 0.5) is 0 Å². The van der Waals surface area contributed by atoms with Crippen molar-refractivity contribution in [3.8, 4) is 0 Å². The van der Waals surface area contributed by atoms with E-state index in [9.17, 15) is 0 Å². The Kier molecular flexibility index (Phi) is 4.48. The number of hydrogen-bond acceptors (Lipinski definition) is 2. The molecule has 2 nitrogen and oxygen atoms in total. The Balaban J connectivity index is 1.94. The van der Waals surface area contributed by atoms with Gasteiger partial charge in [-0.2, -0.15) is 0 Å². The van der Waals surface area contributed by atoms with Crippen LogP contribution in [-0.2, 0) is 0 Å². The molecule has 0 radical (unpaired) electrons. The average Bonchev–Trinajstić information content (AvgIpc) is 3.01. The molecular formula is C15H30N2. The van der Waals surface area contributed by atoms with E-state index < -0.39 is 0 Å². The summed E-state index contributed by atoms with van der Waals surface area (Å²) >= 11 is 0. The van der Waals surface area contributed by atoms with E-state index in [4.69, 9.17) is 0 Å². The van der Waals surface area contributed by atoms with E-state index in [0.717, 1.165) is 12.0 Å². The van der Waals surface area contributed by atoms with Gasteiger partial charge in [-0.25, -0.2) is 0 Å². The normalized spacial score (nSPS) is 29.5. The van der Waals surface area contributed by atoms with Gasteiger partial charge in [0.15, 0.2) is 0 Å². The van der Waals surface area contributed by atoms with E-state index >= 15 is 0 Å². The zero-order valence-corrected chi connectivity index (χ0v) is 12.0. The maximum atomic E-state index is 3.59. The highest BCUT2D eigenvalue weighted by Crippen LogP contribution is 2.36. The largest absolute Gasteiger partial charge is 0.316 e. The highest BCUT2D eigenvalue weighted by atomic mass is 15.2. The summed E-state index contributed by atoms with van der Waals surface area (Å²) in [6.45, 7) is 12.2. The molecule has 0 spiro atoms. The van der Waals surface area contributed by atoms with Gasteiger partial charge in [0.05, 0.1) is 0 Å². The van der Waals surface area contributed by atoms with E-state index in [1.165, 1.54) is 58.3 Å². The van der Waals surface area contributed by atoms with Crippen molar-refractivity contribution in [3.05, 3.63) is 0 Å².